The second-order valence-electron chi connectivity index (χ2n) is 7.12. The quantitative estimate of drug-likeness (QED) is 0.552. The normalized spacial score (nSPS) is 15.5. The number of amides is 1. The summed E-state index contributed by atoms with van der Waals surface area (Å²) in [6, 6.07) is 5.52. The molecule has 30 heavy (non-hydrogen) atoms. The summed E-state index contributed by atoms with van der Waals surface area (Å²) in [5.41, 5.74) is 2.12. The smallest absolute Gasteiger partial charge is 0.338 e. The Morgan fingerprint density at radius 2 is 1.87 bits per heavy atom. The van der Waals surface area contributed by atoms with Gasteiger partial charge in [-0.3, -0.25) is 10.2 Å². The van der Waals surface area contributed by atoms with Gasteiger partial charge in [0.2, 0.25) is 0 Å². The first kappa shape index (κ1) is 20.6. The van der Waals surface area contributed by atoms with E-state index in [4.69, 9.17) is 11.6 Å². The van der Waals surface area contributed by atoms with E-state index in [-0.39, 0.29) is 33.0 Å². The van der Waals surface area contributed by atoms with Gasteiger partial charge >= 0.3 is 6.18 Å². The number of aromatic nitrogens is 2. The number of imidazole rings is 1. The third-order valence-corrected chi connectivity index (χ3v) is 5.26. The van der Waals surface area contributed by atoms with E-state index >= 15 is 0 Å². The Bertz CT molecular complexity index is 1110. The summed E-state index contributed by atoms with van der Waals surface area (Å²) in [6.07, 6.45) is -1.49. The van der Waals surface area contributed by atoms with Crippen molar-refractivity contribution in [2.24, 2.45) is 0 Å². The fraction of sp³-hybridized carbons (Fsp3) is 0.300. The van der Waals surface area contributed by atoms with Crippen molar-refractivity contribution >= 4 is 28.5 Å². The molecule has 0 bridgehead atoms. The Labute approximate surface area is 174 Å². The molecule has 0 aliphatic carbocycles. The maximum Gasteiger partial charge on any atom is 0.416 e. The van der Waals surface area contributed by atoms with Gasteiger partial charge in [-0.2, -0.15) is 13.2 Å². The maximum absolute atomic E-state index is 14.7. The van der Waals surface area contributed by atoms with E-state index in [2.05, 4.69) is 15.4 Å². The monoisotopic (exact) mass is 440 g/mol. The summed E-state index contributed by atoms with van der Waals surface area (Å²) in [4.78, 5) is 19.2. The summed E-state index contributed by atoms with van der Waals surface area (Å²) in [5, 5.41) is 1.61. The number of benzene rings is 2. The molecule has 1 saturated heterocycles. The van der Waals surface area contributed by atoms with Crippen molar-refractivity contribution in [3.05, 3.63) is 52.3 Å². The average Bonchev–Trinajstić information content (AvgIpc) is 3.12. The number of alkyl halides is 3. The molecule has 1 aromatic heterocycles. The van der Waals surface area contributed by atoms with E-state index < -0.39 is 23.5 Å². The standard InChI is InChI=1S/C20H17ClF4N4O/c21-14-9-12(20(23,24)25)10-16-17(14)27-18(26-16)13-5-4-11(8-15(13)22)19(30)28-29-6-2-1-3-7-29/h4-5,8-10H,1-3,6-7H2,(H,26,27)(H,28,30). The highest BCUT2D eigenvalue weighted by atomic mass is 35.5. The predicted octanol–water partition coefficient (Wildman–Crippen LogP) is 5.17. The second-order valence-corrected chi connectivity index (χ2v) is 7.53. The molecule has 3 aromatic rings. The molecule has 2 aromatic carbocycles. The number of hydrogen-bond donors (Lipinski definition) is 2. The van der Waals surface area contributed by atoms with E-state index in [0.717, 1.165) is 50.6 Å². The summed E-state index contributed by atoms with van der Waals surface area (Å²) < 4.78 is 53.7. The molecule has 10 heteroatoms. The molecule has 2 N–H and O–H groups in total. The van der Waals surface area contributed by atoms with Gasteiger partial charge in [0.05, 0.1) is 21.7 Å². The Kier molecular flexibility index (Phi) is 5.42. The topological polar surface area (TPSA) is 61.0 Å². The number of aromatic amines is 1. The first-order chi connectivity index (χ1) is 14.2. The van der Waals surface area contributed by atoms with Gasteiger partial charge in [-0.1, -0.05) is 18.0 Å². The van der Waals surface area contributed by atoms with Crippen LogP contribution >= 0.6 is 11.6 Å². The lowest BCUT2D eigenvalue weighted by molar-refractivity contribution is -0.137. The van der Waals surface area contributed by atoms with Crippen molar-refractivity contribution in [1.82, 2.24) is 20.4 Å². The van der Waals surface area contributed by atoms with Crippen LogP contribution in [-0.4, -0.2) is 34.0 Å². The van der Waals surface area contributed by atoms with Crippen LogP contribution in [0.2, 0.25) is 5.02 Å². The zero-order valence-electron chi connectivity index (χ0n) is 15.6. The molecular weight excluding hydrogens is 424 g/mol. The van der Waals surface area contributed by atoms with Gasteiger partial charge in [-0.25, -0.2) is 14.4 Å². The van der Waals surface area contributed by atoms with Gasteiger partial charge < -0.3 is 4.98 Å². The third-order valence-electron chi connectivity index (χ3n) is 4.97. The van der Waals surface area contributed by atoms with E-state index in [9.17, 15) is 22.4 Å². The van der Waals surface area contributed by atoms with Crippen LogP contribution in [0.3, 0.4) is 0 Å². The summed E-state index contributed by atoms with van der Waals surface area (Å²) in [5.74, 6) is -1.14. The highest BCUT2D eigenvalue weighted by Crippen LogP contribution is 2.35. The van der Waals surface area contributed by atoms with Crippen molar-refractivity contribution in [3.63, 3.8) is 0 Å². The lowest BCUT2D eigenvalue weighted by Gasteiger charge is -2.26. The van der Waals surface area contributed by atoms with Crippen molar-refractivity contribution in [2.45, 2.75) is 25.4 Å². The number of nitrogens with zero attached hydrogens (tertiary/aromatic N) is 2. The minimum absolute atomic E-state index is 0.0188. The van der Waals surface area contributed by atoms with Crippen molar-refractivity contribution in [2.75, 3.05) is 13.1 Å². The minimum atomic E-state index is -4.57. The highest BCUT2D eigenvalue weighted by molar-refractivity contribution is 6.35. The fourth-order valence-electron chi connectivity index (χ4n) is 3.43. The molecule has 0 saturated carbocycles. The molecule has 1 aliphatic heterocycles. The molecule has 0 spiro atoms. The third kappa shape index (κ3) is 4.13. The first-order valence-corrected chi connectivity index (χ1v) is 9.72. The predicted molar refractivity (Wildman–Crippen MR) is 104 cm³/mol. The number of H-pyrrole nitrogens is 1. The van der Waals surface area contributed by atoms with Crippen LogP contribution in [0.4, 0.5) is 17.6 Å². The van der Waals surface area contributed by atoms with Crippen molar-refractivity contribution in [3.8, 4) is 11.4 Å². The van der Waals surface area contributed by atoms with Crippen molar-refractivity contribution < 1.29 is 22.4 Å². The SMILES string of the molecule is O=C(NN1CCCCC1)c1ccc(-c2nc3c(Cl)cc(C(F)(F)F)cc3[nH]2)c(F)c1. The molecule has 0 atom stereocenters. The van der Waals surface area contributed by atoms with Crippen LogP contribution in [0.15, 0.2) is 30.3 Å². The fourth-order valence-corrected chi connectivity index (χ4v) is 3.69. The average molecular weight is 441 g/mol. The van der Waals surface area contributed by atoms with Crippen LogP contribution in [0.5, 0.6) is 0 Å². The van der Waals surface area contributed by atoms with E-state index in [0.29, 0.717) is 0 Å². The van der Waals surface area contributed by atoms with Crippen LogP contribution in [0, 0.1) is 5.82 Å². The maximum atomic E-state index is 14.7. The number of carbonyl (C=O) groups excluding carboxylic acids is 1. The van der Waals surface area contributed by atoms with Gasteiger partial charge in [0, 0.05) is 18.7 Å². The van der Waals surface area contributed by atoms with Crippen LogP contribution in [0.1, 0.15) is 35.2 Å². The largest absolute Gasteiger partial charge is 0.416 e. The summed E-state index contributed by atoms with van der Waals surface area (Å²) in [7, 11) is 0. The number of hydrogen-bond acceptors (Lipinski definition) is 3. The highest BCUT2D eigenvalue weighted by Gasteiger charge is 2.32. The first-order valence-electron chi connectivity index (χ1n) is 9.35. The van der Waals surface area contributed by atoms with Gasteiger partial charge in [0.1, 0.15) is 17.2 Å². The number of nitrogens with one attached hydrogen (secondary N) is 2. The van der Waals surface area contributed by atoms with Gasteiger partial charge in [0.15, 0.2) is 0 Å². The molecule has 2 heterocycles. The van der Waals surface area contributed by atoms with Crippen LogP contribution in [0.25, 0.3) is 22.4 Å². The Morgan fingerprint density at radius 3 is 2.53 bits per heavy atom. The lowest BCUT2D eigenvalue weighted by atomic mass is 10.1. The summed E-state index contributed by atoms with van der Waals surface area (Å²) >= 11 is 5.93. The molecule has 5 nitrogen and oxygen atoms in total. The molecule has 1 amide bonds. The molecule has 1 aliphatic rings. The lowest BCUT2D eigenvalue weighted by Crippen LogP contribution is -2.45. The summed E-state index contributed by atoms with van der Waals surface area (Å²) in [6.45, 7) is 1.48. The van der Waals surface area contributed by atoms with E-state index in [1.54, 1.807) is 5.01 Å². The van der Waals surface area contributed by atoms with E-state index in [1.807, 2.05) is 0 Å². The number of halogens is 5. The Morgan fingerprint density at radius 1 is 1.13 bits per heavy atom. The number of rotatable bonds is 3. The molecule has 1 fully saturated rings. The number of carbonyl (C=O) groups is 1. The van der Waals surface area contributed by atoms with Gasteiger partial charge in [-0.15, -0.1) is 0 Å². The molecule has 158 valence electrons. The van der Waals surface area contributed by atoms with Gasteiger partial charge in [0.25, 0.3) is 5.91 Å². The molecular formula is C20H17ClF4N4O. The Hall–Kier alpha value is -2.65. The van der Waals surface area contributed by atoms with Gasteiger partial charge in [-0.05, 0) is 43.2 Å². The Balaban J connectivity index is 1.62. The van der Waals surface area contributed by atoms with E-state index in [1.165, 1.54) is 12.1 Å². The van der Waals surface area contributed by atoms with Crippen LogP contribution < -0.4 is 5.43 Å². The zero-order valence-corrected chi connectivity index (χ0v) is 16.4. The van der Waals surface area contributed by atoms with Crippen LogP contribution in [-0.2, 0) is 6.18 Å². The molecule has 0 radical (unpaired) electrons. The number of hydrazine groups is 1. The number of piperidine rings is 1. The zero-order chi connectivity index (χ0) is 21.5. The second kappa shape index (κ2) is 7.88. The van der Waals surface area contributed by atoms with Crippen molar-refractivity contribution in [1.29, 1.82) is 0 Å². The minimum Gasteiger partial charge on any atom is -0.338 e. The molecule has 4 rings (SSSR count). The molecule has 0 unspecified atom stereocenters. The number of fused-ring (bicyclic) bond motifs is 1.